The molecule has 0 aliphatic carbocycles. The summed E-state index contributed by atoms with van der Waals surface area (Å²) in [4.78, 5) is 21.8. The molecule has 0 aromatic heterocycles. The number of esters is 2. The average molecular weight is 411 g/mol. The number of unbranched alkanes of at least 4 members (excludes halogenated alkanes) is 10. The molecule has 0 heterocycles. The molecule has 0 amide bonds. The van der Waals surface area contributed by atoms with Crippen LogP contribution < -0.4 is 0 Å². The van der Waals surface area contributed by atoms with Gasteiger partial charge in [-0.1, -0.05) is 98.1 Å². The summed E-state index contributed by atoms with van der Waals surface area (Å²) in [6, 6.07) is 0. The molecule has 0 N–H and O–H groups in total. The Morgan fingerprint density at radius 1 is 0.690 bits per heavy atom. The first kappa shape index (κ1) is 29.6. The van der Waals surface area contributed by atoms with Crippen LogP contribution in [0, 0.1) is 5.92 Å². The van der Waals surface area contributed by atoms with Crippen LogP contribution >= 0.6 is 0 Å². The number of carbonyl (C=O) groups excluding carboxylic acids is 2. The lowest BCUT2D eigenvalue weighted by Gasteiger charge is -2.05. The number of hydrogen-bond acceptors (Lipinski definition) is 4. The molecule has 0 aromatic carbocycles. The number of rotatable bonds is 16. The Balaban J connectivity index is 0. The van der Waals surface area contributed by atoms with Crippen molar-refractivity contribution in [3.8, 4) is 0 Å². The summed E-state index contributed by atoms with van der Waals surface area (Å²) in [6.07, 6.45) is 14.4. The zero-order valence-electron chi connectivity index (χ0n) is 19.8. The van der Waals surface area contributed by atoms with Crippen LogP contribution in [0.5, 0.6) is 0 Å². The second-order valence-corrected chi connectivity index (χ2v) is 8.22. The first-order valence-corrected chi connectivity index (χ1v) is 11.4. The molecule has 4 heteroatoms. The lowest BCUT2D eigenvalue weighted by Crippen LogP contribution is -2.09. The lowest BCUT2D eigenvalue weighted by atomic mass is 10.1. The highest BCUT2D eigenvalue weighted by atomic mass is 16.5. The fourth-order valence-corrected chi connectivity index (χ4v) is 2.42. The summed E-state index contributed by atoms with van der Waals surface area (Å²) in [5, 5.41) is 0. The van der Waals surface area contributed by atoms with Gasteiger partial charge in [-0.25, -0.2) is 9.59 Å². The van der Waals surface area contributed by atoms with Gasteiger partial charge < -0.3 is 9.47 Å². The second-order valence-electron chi connectivity index (χ2n) is 8.22. The van der Waals surface area contributed by atoms with Crippen molar-refractivity contribution in [2.75, 3.05) is 13.2 Å². The monoisotopic (exact) mass is 410 g/mol. The van der Waals surface area contributed by atoms with E-state index in [0.717, 1.165) is 6.42 Å². The van der Waals surface area contributed by atoms with Crippen molar-refractivity contribution in [2.45, 2.75) is 105 Å². The molecule has 29 heavy (non-hydrogen) atoms. The van der Waals surface area contributed by atoms with Gasteiger partial charge in [0.1, 0.15) is 0 Å². The fourth-order valence-electron chi connectivity index (χ4n) is 2.42. The molecule has 0 saturated heterocycles. The third kappa shape index (κ3) is 24.4. The number of ether oxygens (including phenoxy) is 2. The summed E-state index contributed by atoms with van der Waals surface area (Å²) in [7, 11) is 0. The Bertz CT molecular complexity index is 452. The van der Waals surface area contributed by atoms with Crippen LogP contribution in [0.4, 0.5) is 0 Å². The van der Waals surface area contributed by atoms with Gasteiger partial charge in [0, 0.05) is 11.1 Å². The topological polar surface area (TPSA) is 52.6 Å². The second kappa shape index (κ2) is 21.1. The van der Waals surface area contributed by atoms with E-state index in [9.17, 15) is 9.59 Å². The van der Waals surface area contributed by atoms with Crippen molar-refractivity contribution in [1.29, 1.82) is 0 Å². The van der Waals surface area contributed by atoms with E-state index in [1.807, 2.05) is 13.8 Å². The van der Waals surface area contributed by atoms with Gasteiger partial charge in [0.15, 0.2) is 0 Å². The van der Waals surface area contributed by atoms with Crippen LogP contribution in [-0.4, -0.2) is 25.2 Å². The quantitative estimate of drug-likeness (QED) is 0.154. The van der Waals surface area contributed by atoms with E-state index in [2.05, 4.69) is 20.1 Å². The maximum Gasteiger partial charge on any atom is 0.333 e. The van der Waals surface area contributed by atoms with Gasteiger partial charge >= 0.3 is 11.9 Å². The van der Waals surface area contributed by atoms with E-state index < -0.39 is 0 Å². The smallest absolute Gasteiger partial charge is 0.333 e. The standard InChI is InChI=1S/C17H32O2.C8H14O2/c1-4-5-6-7-8-9-10-11-12-13-14-15-19-17(18)16(2)3;1-6(2)5-10-8(9)7(3)4/h2,4-15H2,1,3H3;6H,3,5H2,1-2,4H3. The van der Waals surface area contributed by atoms with E-state index in [1.54, 1.807) is 13.8 Å². The molecule has 0 radical (unpaired) electrons. The van der Waals surface area contributed by atoms with Gasteiger partial charge in [-0.15, -0.1) is 0 Å². The van der Waals surface area contributed by atoms with Crippen LogP contribution in [0.3, 0.4) is 0 Å². The SMILES string of the molecule is C=C(C)C(=O)OCC(C)C.C=C(C)C(=O)OCCCCCCCCCCCCC. The molecule has 170 valence electrons. The predicted octanol–water partition coefficient (Wildman–Crippen LogP) is 7.18. The molecule has 0 atom stereocenters. The highest BCUT2D eigenvalue weighted by Gasteiger charge is 2.03. The Morgan fingerprint density at radius 3 is 1.45 bits per heavy atom. The van der Waals surface area contributed by atoms with E-state index in [1.165, 1.54) is 64.2 Å². The first-order chi connectivity index (χ1) is 13.7. The fraction of sp³-hybridized carbons (Fsp3) is 0.760. The maximum absolute atomic E-state index is 11.1. The van der Waals surface area contributed by atoms with E-state index in [4.69, 9.17) is 9.47 Å². The van der Waals surface area contributed by atoms with Crippen molar-refractivity contribution < 1.29 is 19.1 Å². The number of carbonyl (C=O) groups is 2. The summed E-state index contributed by atoms with van der Waals surface area (Å²) >= 11 is 0. The lowest BCUT2D eigenvalue weighted by molar-refractivity contribution is -0.140. The minimum atomic E-state index is -0.297. The molecule has 0 fully saturated rings. The first-order valence-electron chi connectivity index (χ1n) is 11.4. The third-order valence-electron chi connectivity index (χ3n) is 4.23. The van der Waals surface area contributed by atoms with E-state index >= 15 is 0 Å². The Morgan fingerprint density at radius 2 is 1.07 bits per heavy atom. The zero-order chi connectivity index (χ0) is 22.5. The third-order valence-corrected chi connectivity index (χ3v) is 4.23. The van der Waals surface area contributed by atoms with Gasteiger partial charge in [0.05, 0.1) is 13.2 Å². The van der Waals surface area contributed by atoms with Crippen molar-refractivity contribution in [3.63, 3.8) is 0 Å². The summed E-state index contributed by atoms with van der Waals surface area (Å²) in [6.45, 7) is 17.6. The summed E-state index contributed by atoms with van der Waals surface area (Å²) in [5.41, 5.74) is 0.948. The summed E-state index contributed by atoms with van der Waals surface area (Å²) < 4.78 is 9.87. The molecule has 0 spiro atoms. The molecule has 0 unspecified atom stereocenters. The maximum atomic E-state index is 11.1. The highest BCUT2D eigenvalue weighted by molar-refractivity contribution is 5.87. The molecule has 0 saturated carbocycles. The Kier molecular flexibility index (Phi) is 21.6. The minimum Gasteiger partial charge on any atom is -0.462 e. The van der Waals surface area contributed by atoms with Crippen molar-refractivity contribution >= 4 is 11.9 Å². The van der Waals surface area contributed by atoms with Gasteiger partial charge in [-0.2, -0.15) is 0 Å². The molecule has 0 aromatic rings. The van der Waals surface area contributed by atoms with Crippen LogP contribution in [0.15, 0.2) is 24.3 Å². The zero-order valence-corrected chi connectivity index (χ0v) is 19.8. The van der Waals surface area contributed by atoms with Gasteiger partial charge in [0.2, 0.25) is 0 Å². The molecule has 0 rings (SSSR count). The molecule has 0 aliphatic heterocycles. The molecular weight excluding hydrogens is 364 g/mol. The van der Waals surface area contributed by atoms with Crippen LogP contribution in [0.2, 0.25) is 0 Å². The van der Waals surface area contributed by atoms with Crippen molar-refractivity contribution in [3.05, 3.63) is 24.3 Å². The van der Waals surface area contributed by atoms with Crippen LogP contribution in [0.25, 0.3) is 0 Å². The van der Waals surface area contributed by atoms with Crippen LogP contribution in [0.1, 0.15) is 105 Å². The van der Waals surface area contributed by atoms with Gasteiger partial charge in [-0.05, 0) is 26.2 Å². The molecule has 0 bridgehead atoms. The summed E-state index contributed by atoms with van der Waals surface area (Å²) in [5.74, 6) is -0.163. The Hall–Kier alpha value is -1.58. The minimum absolute atomic E-state index is 0.257. The van der Waals surface area contributed by atoms with Gasteiger partial charge in [0.25, 0.3) is 0 Å². The molecule has 4 nitrogen and oxygen atoms in total. The molecule has 0 aliphatic rings. The van der Waals surface area contributed by atoms with Gasteiger partial charge in [-0.3, -0.25) is 0 Å². The predicted molar refractivity (Wildman–Crippen MR) is 123 cm³/mol. The van der Waals surface area contributed by atoms with E-state index in [-0.39, 0.29) is 11.9 Å². The Labute approximate surface area is 180 Å². The molecular formula is C25H46O4. The highest BCUT2D eigenvalue weighted by Crippen LogP contribution is 2.11. The van der Waals surface area contributed by atoms with Crippen molar-refractivity contribution in [2.24, 2.45) is 5.92 Å². The average Bonchev–Trinajstić information content (AvgIpc) is 2.66. The number of hydrogen-bond donors (Lipinski definition) is 0. The largest absolute Gasteiger partial charge is 0.462 e. The van der Waals surface area contributed by atoms with Crippen molar-refractivity contribution in [1.82, 2.24) is 0 Å². The van der Waals surface area contributed by atoms with E-state index in [0.29, 0.717) is 30.3 Å². The van der Waals surface area contributed by atoms with Crippen LogP contribution in [-0.2, 0) is 19.1 Å². The normalized spacial score (nSPS) is 10.1.